The first-order chi connectivity index (χ1) is 17.4. The van der Waals surface area contributed by atoms with Crippen molar-refractivity contribution in [1.82, 2.24) is 0 Å². The minimum absolute atomic E-state index is 0.238. The number of amides is 2. The lowest BCUT2D eigenvalue weighted by atomic mass is 10.1. The van der Waals surface area contributed by atoms with Crippen LogP contribution < -0.4 is 15.4 Å². The lowest BCUT2D eigenvalue weighted by Gasteiger charge is -2.15. The Balaban J connectivity index is 1.72. The second-order valence-electron chi connectivity index (χ2n) is 7.38. The predicted molar refractivity (Wildman–Crippen MR) is 150 cm³/mol. The average molecular weight is 623 g/mol. The number of carboxylic acid groups (broad SMARTS) is 1. The fourth-order valence-corrected chi connectivity index (χ4v) is 5.18. The highest BCUT2D eigenvalue weighted by atomic mass is 35.5. The molecular formula is C24H17Cl5N2O5S. The van der Waals surface area contributed by atoms with Crippen molar-refractivity contribution in [2.75, 3.05) is 17.7 Å². The first-order valence-corrected chi connectivity index (χ1v) is 13.0. The maximum absolute atomic E-state index is 12.9. The van der Waals surface area contributed by atoms with Crippen LogP contribution in [0, 0.1) is 0 Å². The van der Waals surface area contributed by atoms with E-state index in [2.05, 4.69) is 10.6 Å². The molecule has 3 rings (SSSR count). The molecule has 0 saturated carbocycles. The number of carbonyl (C=O) groups excluding carboxylic acids is 2. The van der Waals surface area contributed by atoms with E-state index < -0.39 is 33.3 Å². The summed E-state index contributed by atoms with van der Waals surface area (Å²) in [6, 6.07) is 11.4. The molecule has 0 aliphatic rings. The van der Waals surface area contributed by atoms with E-state index in [1.54, 1.807) is 49.4 Å². The molecule has 0 saturated heterocycles. The van der Waals surface area contributed by atoms with Crippen molar-refractivity contribution >= 4 is 98.9 Å². The average Bonchev–Trinajstić information content (AvgIpc) is 2.85. The van der Waals surface area contributed by atoms with Gasteiger partial charge in [0.25, 0.3) is 5.91 Å². The van der Waals surface area contributed by atoms with E-state index in [1.165, 1.54) is 18.9 Å². The summed E-state index contributed by atoms with van der Waals surface area (Å²) in [6.07, 6.45) is 0. The fourth-order valence-electron chi connectivity index (χ4n) is 3.13. The molecule has 37 heavy (non-hydrogen) atoms. The van der Waals surface area contributed by atoms with Crippen LogP contribution in [0.15, 0.2) is 47.4 Å². The zero-order chi connectivity index (χ0) is 27.4. The lowest BCUT2D eigenvalue weighted by molar-refractivity contribution is -0.115. The molecule has 0 fully saturated rings. The van der Waals surface area contributed by atoms with Crippen molar-refractivity contribution in [1.29, 1.82) is 0 Å². The van der Waals surface area contributed by atoms with Gasteiger partial charge in [-0.05, 0) is 49.4 Å². The number of ether oxygens (including phenoxy) is 1. The standard InChI is InChI=1S/C24H17Cl5N2O5S/c1-10(22(32)31-14-9-11(25)3-8-15(14)36-2)37-13-6-4-12(5-7-13)30-23(33)16-17(24(34)35)19(27)21(29)20(28)18(16)26/h3-10H,1-2H3,(H,30,33)(H,31,32)(H,34,35). The zero-order valence-corrected chi connectivity index (χ0v) is 23.6. The number of thioether (sulfide) groups is 1. The van der Waals surface area contributed by atoms with E-state index in [0.29, 0.717) is 22.1 Å². The van der Waals surface area contributed by atoms with Crippen LogP contribution in [0.4, 0.5) is 11.4 Å². The Morgan fingerprint density at radius 1 is 0.865 bits per heavy atom. The van der Waals surface area contributed by atoms with Gasteiger partial charge in [-0.2, -0.15) is 0 Å². The van der Waals surface area contributed by atoms with E-state index >= 15 is 0 Å². The minimum Gasteiger partial charge on any atom is -0.495 e. The molecule has 0 spiro atoms. The second kappa shape index (κ2) is 12.5. The van der Waals surface area contributed by atoms with Crippen molar-refractivity contribution < 1.29 is 24.2 Å². The zero-order valence-electron chi connectivity index (χ0n) is 19.0. The van der Waals surface area contributed by atoms with Gasteiger partial charge in [0.15, 0.2) is 0 Å². The molecule has 3 aromatic carbocycles. The van der Waals surface area contributed by atoms with Gasteiger partial charge in [0.05, 0.1) is 49.3 Å². The smallest absolute Gasteiger partial charge is 0.338 e. The second-order valence-corrected chi connectivity index (χ2v) is 10.7. The number of aromatic carboxylic acids is 1. The van der Waals surface area contributed by atoms with Gasteiger partial charge in [0.1, 0.15) is 5.75 Å². The summed E-state index contributed by atoms with van der Waals surface area (Å²) < 4.78 is 5.25. The monoisotopic (exact) mass is 620 g/mol. The van der Waals surface area contributed by atoms with Crippen LogP contribution in [0.3, 0.4) is 0 Å². The molecule has 7 nitrogen and oxygen atoms in total. The third-order valence-electron chi connectivity index (χ3n) is 4.92. The Hall–Kier alpha value is -2.33. The van der Waals surface area contributed by atoms with Crippen molar-refractivity contribution in [2.45, 2.75) is 17.1 Å². The summed E-state index contributed by atoms with van der Waals surface area (Å²) in [6.45, 7) is 1.73. The Bertz CT molecular complexity index is 1390. The highest BCUT2D eigenvalue weighted by molar-refractivity contribution is 8.00. The van der Waals surface area contributed by atoms with E-state index in [4.69, 9.17) is 62.7 Å². The van der Waals surface area contributed by atoms with Crippen LogP contribution in [0.5, 0.6) is 5.75 Å². The largest absolute Gasteiger partial charge is 0.495 e. The number of halogens is 5. The Labute approximate surface area is 241 Å². The van der Waals surface area contributed by atoms with Gasteiger partial charge in [-0.15, -0.1) is 11.8 Å². The number of carboxylic acids is 1. The van der Waals surface area contributed by atoms with Gasteiger partial charge in [-0.3, -0.25) is 9.59 Å². The number of benzene rings is 3. The van der Waals surface area contributed by atoms with Crippen LogP contribution >= 0.6 is 69.8 Å². The molecule has 194 valence electrons. The third-order valence-corrected chi connectivity index (χ3v) is 8.07. The van der Waals surface area contributed by atoms with Gasteiger partial charge >= 0.3 is 5.97 Å². The number of carbonyl (C=O) groups is 3. The van der Waals surface area contributed by atoms with Gasteiger partial charge in [-0.25, -0.2) is 4.79 Å². The number of hydrogen-bond acceptors (Lipinski definition) is 5. The number of anilines is 2. The van der Waals surface area contributed by atoms with Crippen LogP contribution in [0.1, 0.15) is 27.6 Å². The number of methoxy groups -OCH3 is 1. The third kappa shape index (κ3) is 6.76. The summed E-state index contributed by atoms with van der Waals surface area (Å²) >= 11 is 31.4. The topological polar surface area (TPSA) is 105 Å². The van der Waals surface area contributed by atoms with Crippen LogP contribution in [-0.2, 0) is 4.79 Å². The van der Waals surface area contributed by atoms with Crippen molar-refractivity contribution in [2.24, 2.45) is 0 Å². The molecule has 0 aromatic heterocycles. The van der Waals surface area contributed by atoms with Crippen LogP contribution in [0.2, 0.25) is 25.1 Å². The molecule has 1 unspecified atom stereocenters. The summed E-state index contributed by atoms with van der Waals surface area (Å²) in [5.41, 5.74) is -0.201. The Kier molecular flexibility index (Phi) is 9.86. The maximum Gasteiger partial charge on any atom is 0.338 e. The highest BCUT2D eigenvalue weighted by Crippen LogP contribution is 2.42. The summed E-state index contributed by atoms with van der Waals surface area (Å²) in [5.74, 6) is -2.13. The number of rotatable bonds is 8. The molecule has 0 aliphatic carbocycles. The lowest BCUT2D eigenvalue weighted by Crippen LogP contribution is -2.22. The Morgan fingerprint density at radius 2 is 1.46 bits per heavy atom. The fraction of sp³-hybridized carbons (Fsp3) is 0.125. The maximum atomic E-state index is 12.9. The minimum atomic E-state index is -1.50. The summed E-state index contributed by atoms with van der Waals surface area (Å²) in [4.78, 5) is 38.0. The van der Waals surface area contributed by atoms with E-state index in [0.717, 1.165) is 4.90 Å². The molecule has 1 atom stereocenters. The normalized spacial score (nSPS) is 11.5. The molecule has 3 N–H and O–H groups in total. The summed E-state index contributed by atoms with van der Waals surface area (Å²) in [5, 5.41) is 13.6. The number of hydrogen-bond donors (Lipinski definition) is 3. The molecule has 13 heteroatoms. The molecular weight excluding hydrogens is 606 g/mol. The van der Waals surface area contributed by atoms with Crippen molar-refractivity contribution in [3.8, 4) is 5.75 Å². The van der Waals surface area contributed by atoms with E-state index in [9.17, 15) is 19.5 Å². The first kappa shape index (κ1) is 29.2. The van der Waals surface area contributed by atoms with Gasteiger partial charge in [0, 0.05) is 15.6 Å². The number of nitrogens with one attached hydrogen (secondary N) is 2. The van der Waals surface area contributed by atoms with Gasteiger partial charge in [-0.1, -0.05) is 58.0 Å². The van der Waals surface area contributed by atoms with Crippen LogP contribution in [-0.4, -0.2) is 35.2 Å². The Morgan fingerprint density at radius 3 is 2.03 bits per heavy atom. The molecule has 0 aliphatic heterocycles. The SMILES string of the molecule is COc1ccc(Cl)cc1NC(=O)C(C)Sc1ccc(NC(=O)c2c(Cl)c(Cl)c(Cl)c(Cl)c2C(=O)O)cc1. The van der Waals surface area contributed by atoms with Gasteiger partial charge < -0.3 is 20.5 Å². The first-order valence-electron chi connectivity index (χ1n) is 10.3. The molecule has 2 amide bonds. The molecule has 0 radical (unpaired) electrons. The molecule has 3 aromatic rings. The van der Waals surface area contributed by atoms with Crippen LogP contribution in [0.25, 0.3) is 0 Å². The van der Waals surface area contributed by atoms with Crippen molar-refractivity contribution in [3.05, 3.63) is 78.7 Å². The molecule has 0 heterocycles. The summed E-state index contributed by atoms with van der Waals surface area (Å²) in [7, 11) is 1.49. The quantitative estimate of drug-likeness (QED) is 0.133. The highest BCUT2D eigenvalue weighted by Gasteiger charge is 2.29. The predicted octanol–water partition coefficient (Wildman–Crippen LogP) is 8.03. The van der Waals surface area contributed by atoms with E-state index in [1.807, 2.05) is 0 Å². The van der Waals surface area contributed by atoms with Crippen molar-refractivity contribution in [3.63, 3.8) is 0 Å². The van der Waals surface area contributed by atoms with Gasteiger partial charge in [0.2, 0.25) is 5.91 Å². The molecule has 0 bridgehead atoms. The van der Waals surface area contributed by atoms with E-state index in [-0.39, 0.29) is 21.0 Å².